The molecule has 1 heterocycles. The first-order valence-corrected chi connectivity index (χ1v) is 5.62. The van der Waals surface area contributed by atoms with Crippen molar-refractivity contribution in [2.75, 3.05) is 7.11 Å². The van der Waals surface area contributed by atoms with Crippen LogP contribution in [0.25, 0.3) is 11.1 Å². The van der Waals surface area contributed by atoms with Crippen molar-refractivity contribution in [3.63, 3.8) is 0 Å². The minimum absolute atomic E-state index is 0.415. The van der Waals surface area contributed by atoms with E-state index in [1.165, 1.54) is 0 Å². The quantitative estimate of drug-likeness (QED) is 0.881. The van der Waals surface area contributed by atoms with Gasteiger partial charge < -0.3 is 10.5 Å². The number of halogens is 1. The topological polar surface area (TPSA) is 63.9 Å². The molecule has 17 heavy (non-hydrogen) atoms. The van der Waals surface area contributed by atoms with E-state index in [1.807, 2.05) is 19.1 Å². The van der Waals surface area contributed by atoms with Gasteiger partial charge in [0.2, 0.25) is 0 Å². The Hall–Kier alpha value is -1.52. The van der Waals surface area contributed by atoms with Crippen LogP contribution in [0.2, 0.25) is 5.02 Å². The van der Waals surface area contributed by atoms with E-state index in [0.29, 0.717) is 17.3 Å². The van der Waals surface area contributed by atoms with Crippen LogP contribution in [0.1, 0.15) is 11.3 Å². The van der Waals surface area contributed by atoms with Gasteiger partial charge in [0, 0.05) is 12.1 Å². The van der Waals surface area contributed by atoms with Crippen LogP contribution in [0.3, 0.4) is 0 Å². The molecule has 3 N–H and O–H groups in total. The van der Waals surface area contributed by atoms with Gasteiger partial charge >= 0.3 is 0 Å². The van der Waals surface area contributed by atoms with Crippen molar-refractivity contribution in [1.82, 2.24) is 10.2 Å². The highest BCUT2D eigenvalue weighted by atomic mass is 35.5. The number of nitrogens with two attached hydrogens (primary N) is 1. The van der Waals surface area contributed by atoms with Crippen LogP contribution in [0.15, 0.2) is 18.3 Å². The van der Waals surface area contributed by atoms with Gasteiger partial charge in [0.1, 0.15) is 5.75 Å². The van der Waals surface area contributed by atoms with Crippen LogP contribution in [-0.4, -0.2) is 17.3 Å². The fourth-order valence-corrected chi connectivity index (χ4v) is 2.04. The first-order valence-electron chi connectivity index (χ1n) is 5.24. The summed E-state index contributed by atoms with van der Waals surface area (Å²) in [4.78, 5) is 0. The molecule has 0 atom stereocenters. The van der Waals surface area contributed by atoms with Gasteiger partial charge in [-0.2, -0.15) is 5.10 Å². The summed E-state index contributed by atoms with van der Waals surface area (Å²) in [6.07, 6.45) is 1.76. The van der Waals surface area contributed by atoms with E-state index >= 15 is 0 Å². The fourth-order valence-electron chi connectivity index (χ4n) is 1.80. The molecule has 5 heteroatoms. The van der Waals surface area contributed by atoms with Crippen molar-refractivity contribution >= 4 is 11.6 Å². The molecule has 0 amide bonds. The van der Waals surface area contributed by atoms with Crippen molar-refractivity contribution in [3.05, 3.63) is 34.6 Å². The molecule has 2 aromatic rings. The Bertz CT molecular complexity index is 537. The minimum atomic E-state index is 0.415. The number of ether oxygens (including phenoxy) is 1. The lowest BCUT2D eigenvalue weighted by atomic mass is 10.0. The number of hydrogen-bond donors (Lipinski definition) is 2. The summed E-state index contributed by atoms with van der Waals surface area (Å²) in [5.41, 5.74) is 9.62. The summed E-state index contributed by atoms with van der Waals surface area (Å²) in [5, 5.41) is 7.46. The van der Waals surface area contributed by atoms with E-state index in [1.54, 1.807) is 13.3 Å². The number of nitrogens with one attached hydrogen (secondary N) is 1. The van der Waals surface area contributed by atoms with Crippen LogP contribution in [0.4, 0.5) is 0 Å². The molecule has 0 saturated heterocycles. The molecular formula is C12H14ClN3O. The molecule has 0 spiro atoms. The zero-order valence-electron chi connectivity index (χ0n) is 9.75. The third-order valence-corrected chi connectivity index (χ3v) is 3.01. The zero-order chi connectivity index (χ0) is 12.4. The molecule has 0 saturated carbocycles. The molecular weight excluding hydrogens is 238 g/mol. The minimum Gasteiger partial charge on any atom is -0.495 e. The Morgan fingerprint density at radius 3 is 2.82 bits per heavy atom. The Morgan fingerprint density at radius 2 is 2.18 bits per heavy atom. The predicted octanol–water partition coefficient (Wildman–Crippen LogP) is 2.51. The fraction of sp³-hybridized carbons (Fsp3) is 0.250. The molecule has 0 unspecified atom stereocenters. The van der Waals surface area contributed by atoms with E-state index in [-0.39, 0.29) is 0 Å². The van der Waals surface area contributed by atoms with Gasteiger partial charge in [-0.15, -0.1) is 0 Å². The van der Waals surface area contributed by atoms with Crippen LogP contribution in [0, 0.1) is 6.92 Å². The molecule has 0 bridgehead atoms. The molecule has 0 fully saturated rings. The van der Waals surface area contributed by atoms with Crippen LogP contribution >= 0.6 is 11.6 Å². The Labute approximate surface area is 105 Å². The third-order valence-electron chi connectivity index (χ3n) is 2.71. The summed E-state index contributed by atoms with van der Waals surface area (Å²) in [6, 6.07) is 3.78. The van der Waals surface area contributed by atoms with Gasteiger partial charge in [-0.1, -0.05) is 11.6 Å². The standard InChI is InChI=1S/C12H14ClN3O/c1-7-3-12(17-2)10(13)4-8(7)9-6-15-16-11(9)5-14/h3-4,6H,5,14H2,1-2H3,(H,15,16). The summed E-state index contributed by atoms with van der Waals surface area (Å²) in [7, 11) is 1.60. The van der Waals surface area contributed by atoms with Gasteiger partial charge in [0.15, 0.2) is 0 Å². The van der Waals surface area contributed by atoms with Gasteiger partial charge in [-0.3, -0.25) is 5.10 Å². The highest BCUT2D eigenvalue weighted by Gasteiger charge is 2.12. The van der Waals surface area contributed by atoms with E-state index in [9.17, 15) is 0 Å². The van der Waals surface area contributed by atoms with Crippen molar-refractivity contribution in [3.8, 4) is 16.9 Å². The van der Waals surface area contributed by atoms with Crippen molar-refractivity contribution < 1.29 is 4.74 Å². The Kier molecular flexibility index (Phi) is 3.36. The number of aromatic nitrogens is 2. The van der Waals surface area contributed by atoms with Crippen LogP contribution in [-0.2, 0) is 6.54 Å². The van der Waals surface area contributed by atoms with Gasteiger partial charge in [-0.25, -0.2) is 0 Å². The summed E-state index contributed by atoms with van der Waals surface area (Å²) < 4.78 is 5.17. The van der Waals surface area contributed by atoms with Crippen molar-refractivity contribution in [1.29, 1.82) is 0 Å². The van der Waals surface area contributed by atoms with Crippen molar-refractivity contribution in [2.24, 2.45) is 5.73 Å². The second-order valence-corrected chi connectivity index (χ2v) is 4.18. The molecule has 1 aromatic carbocycles. The molecule has 2 rings (SSSR count). The second kappa shape index (κ2) is 4.77. The number of hydrogen-bond acceptors (Lipinski definition) is 3. The van der Waals surface area contributed by atoms with E-state index in [4.69, 9.17) is 22.1 Å². The van der Waals surface area contributed by atoms with Crippen LogP contribution < -0.4 is 10.5 Å². The van der Waals surface area contributed by atoms with E-state index < -0.39 is 0 Å². The number of methoxy groups -OCH3 is 1. The highest BCUT2D eigenvalue weighted by molar-refractivity contribution is 6.32. The van der Waals surface area contributed by atoms with E-state index in [0.717, 1.165) is 22.4 Å². The number of nitrogens with zero attached hydrogens (tertiary/aromatic N) is 1. The van der Waals surface area contributed by atoms with Crippen molar-refractivity contribution in [2.45, 2.75) is 13.5 Å². The number of H-pyrrole nitrogens is 1. The number of rotatable bonds is 3. The lowest BCUT2D eigenvalue weighted by Crippen LogP contribution is -1.99. The monoisotopic (exact) mass is 251 g/mol. The summed E-state index contributed by atoms with van der Waals surface area (Å²) >= 11 is 6.13. The molecule has 0 radical (unpaired) electrons. The lowest BCUT2D eigenvalue weighted by molar-refractivity contribution is 0.415. The normalized spacial score (nSPS) is 10.6. The average Bonchev–Trinajstić information content (AvgIpc) is 2.79. The molecule has 4 nitrogen and oxygen atoms in total. The molecule has 0 aliphatic rings. The highest BCUT2D eigenvalue weighted by Crippen LogP contribution is 2.34. The lowest BCUT2D eigenvalue weighted by Gasteiger charge is -2.10. The number of aryl methyl sites for hydroxylation is 1. The largest absolute Gasteiger partial charge is 0.495 e. The first kappa shape index (κ1) is 12.0. The maximum absolute atomic E-state index is 6.13. The summed E-state index contributed by atoms with van der Waals surface area (Å²) in [6.45, 7) is 2.42. The zero-order valence-corrected chi connectivity index (χ0v) is 10.5. The smallest absolute Gasteiger partial charge is 0.137 e. The Morgan fingerprint density at radius 1 is 1.41 bits per heavy atom. The molecule has 0 aliphatic carbocycles. The maximum atomic E-state index is 6.13. The third kappa shape index (κ3) is 2.14. The summed E-state index contributed by atoms with van der Waals surface area (Å²) in [5.74, 6) is 0.672. The average molecular weight is 252 g/mol. The van der Waals surface area contributed by atoms with Gasteiger partial charge in [-0.05, 0) is 30.2 Å². The second-order valence-electron chi connectivity index (χ2n) is 3.77. The van der Waals surface area contributed by atoms with Gasteiger partial charge in [0.05, 0.1) is 24.0 Å². The predicted molar refractivity (Wildman–Crippen MR) is 68.2 cm³/mol. The molecule has 0 aliphatic heterocycles. The van der Waals surface area contributed by atoms with Crippen LogP contribution in [0.5, 0.6) is 5.75 Å². The van der Waals surface area contributed by atoms with E-state index in [2.05, 4.69) is 10.2 Å². The number of benzene rings is 1. The first-order chi connectivity index (χ1) is 8.17. The molecule has 1 aromatic heterocycles. The maximum Gasteiger partial charge on any atom is 0.137 e. The SMILES string of the molecule is COc1cc(C)c(-c2cn[nH]c2CN)cc1Cl. The number of aromatic amines is 1. The van der Waals surface area contributed by atoms with Gasteiger partial charge in [0.25, 0.3) is 0 Å². The Balaban J connectivity index is 2.56. The molecule has 90 valence electrons.